The number of rotatable bonds is 6. The van der Waals surface area contributed by atoms with E-state index in [4.69, 9.17) is 0 Å². The van der Waals surface area contributed by atoms with E-state index in [2.05, 4.69) is 47.5 Å². The molecule has 1 aliphatic carbocycles. The molecule has 1 N–H and O–H groups in total. The van der Waals surface area contributed by atoms with E-state index in [1.165, 1.54) is 57.2 Å². The Balaban J connectivity index is 1.33. The SMILES string of the molecule is C[C@H]1CCCCC[C@H]1C(=O)NCCC1CCN(Cc2ccccc2)CC1. The highest BCUT2D eigenvalue weighted by molar-refractivity contribution is 5.78. The first-order valence-electron chi connectivity index (χ1n) is 10.8. The highest BCUT2D eigenvalue weighted by Gasteiger charge is 2.26. The minimum atomic E-state index is 0.255. The van der Waals surface area contributed by atoms with Crippen molar-refractivity contribution in [3.8, 4) is 0 Å². The Morgan fingerprint density at radius 1 is 1.04 bits per heavy atom. The maximum Gasteiger partial charge on any atom is 0.223 e. The van der Waals surface area contributed by atoms with Gasteiger partial charge in [-0.1, -0.05) is 56.5 Å². The molecule has 2 aliphatic rings. The van der Waals surface area contributed by atoms with Crippen LogP contribution in [-0.4, -0.2) is 30.4 Å². The van der Waals surface area contributed by atoms with Crippen LogP contribution >= 0.6 is 0 Å². The topological polar surface area (TPSA) is 32.3 Å². The largest absolute Gasteiger partial charge is 0.356 e. The summed E-state index contributed by atoms with van der Waals surface area (Å²) in [6.07, 6.45) is 9.81. The van der Waals surface area contributed by atoms with Gasteiger partial charge in [0.2, 0.25) is 5.91 Å². The van der Waals surface area contributed by atoms with E-state index in [1.807, 2.05) is 0 Å². The second-order valence-corrected chi connectivity index (χ2v) is 8.51. The van der Waals surface area contributed by atoms with Gasteiger partial charge in [-0.25, -0.2) is 0 Å². The maximum absolute atomic E-state index is 12.5. The van der Waals surface area contributed by atoms with Gasteiger partial charge in [-0.15, -0.1) is 0 Å². The first-order valence-corrected chi connectivity index (χ1v) is 10.8. The molecule has 0 spiro atoms. The van der Waals surface area contributed by atoms with Crippen molar-refractivity contribution in [2.45, 2.75) is 64.8 Å². The molecule has 1 aliphatic heterocycles. The van der Waals surface area contributed by atoms with Gasteiger partial charge in [0.15, 0.2) is 0 Å². The van der Waals surface area contributed by atoms with Gasteiger partial charge in [-0.3, -0.25) is 9.69 Å². The van der Waals surface area contributed by atoms with Crippen molar-refractivity contribution in [1.82, 2.24) is 10.2 Å². The summed E-state index contributed by atoms with van der Waals surface area (Å²) in [5, 5.41) is 3.26. The number of hydrogen-bond donors (Lipinski definition) is 1. The Labute approximate surface area is 159 Å². The molecule has 0 radical (unpaired) electrons. The lowest BCUT2D eigenvalue weighted by atomic mass is 9.88. The van der Waals surface area contributed by atoms with Crippen molar-refractivity contribution in [3.63, 3.8) is 0 Å². The summed E-state index contributed by atoms with van der Waals surface area (Å²) in [4.78, 5) is 15.1. The van der Waals surface area contributed by atoms with Crippen molar-refractivity contribution in [2.75, 3.05) is 19.6 Å². The van der Waals surface area contributed by atoms with E-state index >= 15 is 0 Å². The first kappa shape index (κ1) is 19.4. The number of nitrogens with zero attached hydrogens (tertiary/aromatic N) is 1. The summed E-state index contributed by atoms with van der Waals surface area (Å²) in [6.45, 7) is 6.58. The van der Waals surface area contributed by atoms with Gasteiger partial charge in [-0.2, -0.15) is 0 Å². The van der Waals surface area contributed by atoms with Crippen molar-refractivity contribution < 1.29 is 4.79 Å². The van der Waals surface area contributed by atoms with E-state index < -0.39 is 0 Å². The zero-order valence-corrected chi connectivity index (χ0v) is 16.5. The van der Waals surface area contributed by atoms with E-state index in [0.717, 1.165) is 31.8 Å². The predicted molar refractivity (Wildman–Crippen MR) is 108 cm³/mol. The monoisotopic (exact) mass is 356 g/mol. The van der Waals surface area contributed by atoms with Crippen LogP contribution in [0.3, 0.4) is 0 Å². The third-order valence-corrected chi connectivity index (χ3v) is 6.51. The quantitative estimate of drug-likeness (QED) is 0.754. The normalized spacial score (nSPS) is 25.6. The third-order valence-electron chi connectivity index (χ3n) is 6.51. The molecule has 1 saturated heterocycles. The fraction of sp³-hybridized carbons (Fsp3) is 0.696. The Hall–Kier alpha value is -1.35. The van der Waals surface area contributed by atoms with Crippen LogP contribution in [0.15, 0.2) is 30.3 Å². The fourth-order valence-electron chi connectivity index (χ4n) is 4.69. The number of piperidine rings is 1. The highest BCUT2D eigenvalue weighted by Crippen LogP contribution is 2.28. The molecular formula is C23H36N2O. The molecule has 1 aromatic rings. The Morgan fingerprint density at radius 2 is 1.77 bits per heavy atom. The van der Waals surface area contributed by atoms with Gasteiger partial charge in [0.25, 0.3) is 0 Å². The van der Waals surface area contributed by atoms with Gasteiger partial charge in [0.1, 0.15) is 0 Å². The standard InChI is InChI=1S/C23H36N2O/c1-19-8-4-2-7-11-22(19)23(26)24-15-12-20-13-16-25(17-14-20)18-21-9-5-3-6-10-21/h3,5-6,9-10,19-20,22H,2,4,7-8,11-18H2,1H3,(H,24,26)/t19-,22+/m0/s1. The van der Waals surface area contributed by atoms with Crippen molar-refractivity contribution in [3.05, 3.63) is 35.9 Å². The summed E-state index contributed by atoms with van der Waals surface area (Å²) in [5.41, 5.74) is 1.41. The smallest absolute Gasteiger partial charge is 0.223 e. The number of amides is 1. The minimum Gasteiger partial charge on any atom is -0.356 e. The Bertz CT molecular complexity index is 536. The molecule has 1 aromatic carbocycles. The zero-order chi connectivity index (χ0) is 18.2. The van der Waals surface area contributed by atoms with Gasteiger partial charge in [0, 0.05) is 19.0 Å². The predicted octanol–water partition coefficient (Wildman–Crippen LogP) is 4.62. The molecule has 2 atom stereocenters. The third kappa shape index (κ3) is 5.84. The van der Waals surface area contributed by atoms with Crippen molar-refractivity contribution in [2.24, 2.45) is 17.8 Å². The average Bonchev–Trinajstić information content (AvgIpc) is 2.88. The lowest BCUT2D eigenvalue weighted by Crippen LogP contribution is -2.37. The fourth-order valence-corrected chi connectivity index (χ4v) is 4.69. The molecule has 3 nitrogen and oxygen atoms in total. The Kier molecular flexibility index (Phi) is 7.55. The van der Waals surface area contributed by atoms with E-state index in [9.17, 15) is 4.79 Å². The minimum absolute atomic E-state index is 0.255. The number of benzene rings is 1. The number of likely N-dealkylation sites (tertiary alicyclic amines) is 1. The molecule has 0 bridgehead atoms. The van der Waals surface area contributed by atoms with E-state index in [-0.39, 0.29) is 5.92 Å². The summed E-state index contributed by atoms with van der Waals surface area (Å²) in [6, 6.07) is 10.8. The van der Waals surface area contributed by atoms with Crippen LogP contribution in [0.2, 0.25) is 0 Å². The molecule has 26 heavy (non-hydrogen) atoms. The molecule has 0 aromatic heterocycles. The van der Waals surface area contributed by atoms with Crippen LogP contribution in [0.1, 0.15) is 63.9 Å². The molecule has 3 heteroatoms. The number of nitrogens with one attached hydrogen (secondary N) is 1. The number of carbonyl (C=O) groups is 1. The van der Waals surface area contributed by atoms with Crippen LogP contribution in [0.5, 0.6) is 0 Å². The molecule has 0 unspecified atom stereocenters. The molecular weight excluding hydrogens is 320 g/mol. The van der Waals surface area contributed by atoms with E-state index in [1.54, 1.807) is 0 Å². The van der Waals surface area contributed by atoms with Gasteiger partial charge in [-0.05, 0) is 62.6 Å². The molecule has 1 heterocycles. The zero-order valence-electron chi connectivity index (χ0n) is 16.5. The van der Waals surface area contributed by atoms with Crippen LogP contribution in [-0.2, 0) is 11.3 Å². The second-order valence-electron chi connectivity index (χ2n) is 8.51. The van der Waals surface area contributed by atoms with Crippen molar-refractivity contribution in [1.29, 1.82) is 0 Å². The highest BCUT2D eigenvalue weighted by atomic mass is 16.1. The van der Waals surface area contributed by atoms with Crippen LogP contribution < -0.4 is 5.32 Å². The lowest BCUT2D eigenvalue weighted by molar-refractivity contribution is -0.126. The van der Waals surface area contributed by atoms with E-state index in [0.29, 0.717) is 11.8 Å². The Morgan fingerprint density at radius 3 is 2.54 bits per heavy atom. The summed E-state index contributed by atoms with van der Waals surface area (Å²) >= 11 is 0. The number of carbonyl (C=O) groups excluding carboxylic acids is 1. The second kappa shape index (κ2) is 10.1. The van der Waals surface area contributed by atoms with Crippen LogP contribution in [0.4, 0.5) is 0 Å². The molecule has 2 fully saturated rings. The summed E-state index contributed by atoms with van der Waals surface area (Å²) < 4.78 is 0. The van der Waals surface area contributed by atoms with Gasteiger partial charge >= 0.3 is 0 Å². The van der Waals surface area contributed by atoms with Gasteiger partial charge < -0.3 is 5.32 Å². The lowest BCUT2D eigenvalue weighted by Gasteiger charge is -2.32. The number of hydrogen-bond acceptors (Lipinski definition) is 2. The first-order chi connectivity index (χ1) is 12.7. The van der Waals surface area contributed by atoms with Crippen LogP contribution in [0.25, 0.3) is 0 Å². The average molecular weight is 357 g/mol. The molecule has 144 valence electrons. The molecule has 1 amide bonds. The summed E-state index contributed by atoms with van der Waals surface area (Å²) in [7, 11) is 0. The molecule has 1 saturated carbocycles. The maximum atomic E-state index is 12.5. The van der Waals surface area contributed by atoms with Gasteiger partial charge in [0.05, 0.1) is 0 Å². The summed E-state index contributed by atoms with van der Waals surface area (Å²) in [5.74, 6) is 1.90. The van der Waals surface area contributed by atoms with Crippen molar-refractivity contribution >= 4 is 5.91 Å². The van der Waals surface area contributed by atoms with Crippen LogP contribution in [0, 0.1) is 17.8 Å². The molecule has 3 rings (SSSR count).